The fourth-order valence-corrected chi connectivity index (χ4v) is 2.11. The molecule has 0 saturated carbocycles. The summed E-state index contributed by atoms with van der Waals surface area (Å²) in [5.41, 5.74) is 7.80. The molecule has 92 valence electrons. The maximum absolute atomic E-state index is 5.73. The molecule has 2 N–H and O–H groups in total. The van der Waals surface area contributed by atoms with Gasteiger partial charge >= 0.3 is 0 Å². The SMILES string of the molecule is CCOc1ccc2c(c1)nc(CN)n2C(C)C. The Morgan fingerprint density at radius 3 is 2.76 bits per heavy atom. The summed E-state index contributed by atoms with van der Waals surface area (Å²) < 4.78 is 7.65. The van der Waals surface area contributed by atoms with Crippen LogP contribution in [-0.4, -0.2) is 16.2 Å². The maximum atomic E-state index is 5.73. The highest BCUT2D eigenvalue weighted by atomic mass is 16.5. The second-order valence-electron chi connectivity index (χ2n) is 4.28. The molecule has 0 fully saturated rings. The van der Waals surface area contributed by atoms with E-state index in [0.29, 0.717) is 19.2 Å². The Morgan fingerprint density at radius 1 is 1.41 bits per heavy atom. The number of fused-ring (bicyclic) bond motifs is 1. The lowest BCUT2D eigenvalue weighted by Crippen LogP contribution is -2.10. The number of ether oxygens (including phenoxy) is 1. The van der Waals surface area contributed by atoms with Crippen molar-refractivity contribution in [2.45, 2.75) is 33.4 Å². The van der Waals surface area contributed by atoms with Gasteiger partial charge < -0.3 is 15.0 Å². The molecule has 1 aromatic heterocycles. The number of nitrogens with zero attached hydrogens (tertiary/aromatic N) is 2. The minimum absolute atomic E-state index is 0.358. The number of aromatic nitrogens is 2. The molecule has 2 aromatic rings. The predicted molar refractivity (Wildman–Crippen MR) is 69.2 cm³/mol. The smallest absolute Gasteiger partial charge is 0.123 e. The van der Waals surface area contributed by atoms with Gasteiger partial charge in [-0.2, -0.15) is 0 Å². The molecule has 0 saturated heterocycles. The summed E-state index contributed by atoms with van der Waals surface area (Å²) in [6.45, 7) is 7.37. The highest BCUT2D eigenvalue weighted by Crippen LogP contribution is 2.24. The molecule has 0 spiro atoms. The number of benzene rings is 1. The van der Waals surface area contributed by atoms with Crippen LogP contribution in [-0.2, 0) is 6.54 Å². The predicted octanol–water partition coefficient (Wildman–Crippen LogP) is 2.47. The van der Waals surface area contributed by atoms with Crippen molar-refractivity contribution >= 4 is 11.0 Å². The quantitative estimate of drug-likeness (QED) is 0.882. The molecule has 4 heteroatoms. The van der Waals surface area contributed by atoms with Crippen molar-refractivity contribution in [1.29, 1.82) is 0 Å². The lowest BCUT2D eigenvalue weighted by atomic mass is 10.2. The average molecular weight is 233 g/mol. The molecule has 1 heterocycles. The zero-order valence-electron chi connectivity index (χ0n) is 10.6. The second kappa shape index (κ2) is 4.75. The van der Waals surface area contributed by atoms with Crippen molar-refractivity contribution in [1.82, 2.24) is 9.55 Å². The van der Waals surface area contributed by atoms with Crippen LogP contribution >= 0.6 is 0 Å². The van der Waals surface area contributed by atoms with Crippen LogP contribution in [0.2, 0.25) is 0 Å². The molecule has 2 rings (SSSR count). The molecule has 0 radical (unpaired) electrons. The molecule has 0 amide bonds. The number of imidazole rings is 1. The molecule has 17 heavy (non-hydrogen) atoms. The fraction of sp³-hybridized carbons (Fsp3) is 0.462. The topological polar surface area (TPSA) is 53.1 Å². The standard InChI is InChI=1S/C13H19N3O/c1-4-17-10-5-6-12-11(7-10)15-13(8-14)16(12)9(2)3/h5-7,9H,4,8,14H2,1-3H3. The first kappa shape index (κ1) is 11.9. The van der Waals surface area contributed by atoms with Crippen LogP contribution in [0, 0.1) is 0 Å². The van der Waals surface area contributed by atoms with Crippen LogP contribution in [0.5, 0.6) is 5.75 Å². The molecule has 0 atom stereocenters. The maximum Gasteiger partial charge on any atom is 0.123 e. The van der Waals surface area contributed by atoms with E-state index in [-0.39, 0.29) is 0 Å². The zero-order valence-corrected chi connectivity index (χ0v) is 10.6. The lowest BCUT2D eigenvalue weighted by Gasteiger charge is -2.11. The second-order valence-corrected chi connectivity index (χ2v) is 4.28. The Kier molecular flexibility index (Phi) is 3.33. The van der Waals surface area contributed by atoms with Gasteiger partial charge in [0.15, 0.2) is 0 Å². The summed E-state index contributed by atoms with van der Waals surface area (Å²) in [6.07, 6.45) is 0. The third kappa shape index (κ3) is 2.13. The van der Waals surface area contributed by atoms with Crippen molar-refractivity contribution in [2.24, 2.45) is 5.73 Å². The average Bonchev–Trinajstić information content (AvgIpc) is 2.67. The molecule has 0 aliphatic heterocycles. The highest BCUT2D eigenvalue weighted by Gasteiger charge is 2.12. The summed E-state index contributed by atoms with van der Waals surface area (Å²) in [7, 11) is 0. The molecule has 4 nitrogen and oxygen atoms in total. The summed E-state index contributed by atoms with van der Waals surface area (Å²) in [5.74, 6) is 1.78. The Morgan fingerprint density at radius 2 is 2.18 bits per heavy atom. The summed E-state index contributed by atoms with van der Waals surface area (Å²) in [6, 6.07) is 6.35. The molecule has 1 aromatic carbocycles. The summed E-state index contributed by atoms with van der Waals surface area (Å²) >= 11 is 0. The number of nitrogens with two attached hydrogens (primary N) is 1. The number of hydrogen-bond donors (Lipinski definition) is 1. The first-order chi connectivity index (χ1) is 8.17. The van der Waals surface area contributed by atoms with Crippen molar-refractivity contribution in [3.63, 3.8) is 0 Å². The molecular weight excluding hydrogens is 214 g/mol. The monoisotopic (exact) mass is 233 g/mol. The number of hydrogen-bond acceptors (Lipinski definition) is 3. The van der Waals surface area contributed by atoms with E-state index >= 15 is 0 Å². The molecule has 0 bridgehead atoms. The van der Waals surface area contributed by atoms with Gasteiger partial charge in [-0.1, -0.05) is 0 Å². The van der Waals surface area contributed by atoms with Crippen molar-refractivity contribution in [3.8, 4) is 5.75 Å². The van der Waals surface area contributed by atoms with Crippen molar-refractivity contribution < 1.29 is 4.74 Å². The van der Waals surface area contributed by atoms with E-state index in [0.717, 1.165) is 22.6 Å². The fourth-order valence-electron chi connectivity index (χ4n) is 2.11. The van der Waals surface area contributed by atoms with Crippen molar-refractivity contribution in [2.75, 3.05) is 6.61 Å². The Bertz CT molecular complexity index is 517. The molecule has 0 unspecified atom stereocenters. The minimum atomic E-state index is 0.358. The molecule has 0 aliphatic carbocycles. The first-order valence-electron chi connectivity index (χ1n) is 6.01. The van der Waals surface area contributed by atoms with Gasteiger partial charge in [-0.3, -0.25) is 0 Å². The van der Waals surface area contributed by atoms with Crippen LogP contribution < -0.4 is 10.5 Å². The van der Waals surface area contributed by atoms with Gasteiger partial charge in [-0.25, -0.2) is 4.98 Å². The van der Waals surface area contributed by atoms with E-state index in [4.69, 9.17) is 10.5 Å². The van der Waals surface area contributed by atoms with E-state index < -0.39 is 0 Å². The van der Waals surface area contributed by atoms with Crippen LogP contribution in [0.4, 0.5) is 0 Å². The first-order valence-corrected chi connectivity index (χ1v) is 6.01. The van der Waals surface area contributed by atoms with Gasteiger partial charge in [0.1, 0.15) is 11.6 Å². The highest BCUT2D eigenvalue weighted by molar-refractivity contribution is 5.78. The van der Waals surface area contributed by atoms with Gasteiger partial charge in [0.05, 0.1) is 24.2 Å². The van der Waals surface area contributed by atoms with Crippen molar-refractivity contribution in [3.05, 3.63) is 24.0 Å². The lowest BCUT2D eigenvalue weighted by molar-refractivity contribution is 0.340. The van der Waals surface area contributed by atoms with Crippen LogP contribution in [0.25, 0.3) is 11.0 Å². The largest absolute Gasteiger partial charge is 0.494 e. The van der Waals surface area contributed by atoms with Crippen LogP contribution in [0.1, 0.15) is 32.6 Å². The third-order valence-corrected chi connectivity index (χ3v) is 2.74. The van der Waals surface area contributed by atoms with Gasteiger partial charge in [0.2, 0.25) is 0 Å². The van der Waals surface area contributed by atoms with Crippen LogP contribution in [0.15, 0.2) is 18.2 Å². The summed E-state index contributed by atoms with van der Waals surface area (Å²) in [4.78, 5) is 4.55. The van der Waals surface area contributed by atoms with Gasteiger partial charge in [-0.15, -0.1) is 0 Å². The molecular formula is C13H19N3O. The normalized spacial score (nSPS) is 11.4. The van der Waals surface area contributed by atoms with E-state index in [1.54, 1.807) is 0 Å². The Hall–Kier alpha value is -1.55. The van der Waals surface area contributed by atoms with E-state index in [2.05, 4.69) is 23.4 Å². The minimum Gasteiger partial charge on any atom is -0.494 e. The Balaban J connectivity index is 2.57. The van der Waals surface area contributed by atoms with Gasteiger partial charge in [0, 0.05) is 12.1 Å². The van der Waals surface area contributed by atoms with E-state index in [9.17, 15) is 0 Å². The number of rotatable bonds is 4. The third-order valence-electron chi connectivity index (χ3n) is 2.74. The van der Waals surface area contributed by atoms with Crippen LogP contribution in [0.3, 0.4) is 0 Å². The van der Waals surface area contributed by atoms with Gasteiger partial charge in [-0.05, 0) is 32.9 Å². The summed E-state index contributed by atoms with van der Waals surface area (Å²) in [5, 5.41) is 0. The Labute approximate surface area is 101 Å². The molecule has 0 aliphatic rings. The van der Waals surface area contributed by atoms with E-state index in [1.807, 2.05) is 25.1 Å². The van der Waals surface area contributed by atoms with E-state index in [1.165, 1.54) is 0 Å². The zero-order chi connectivity index (χ0) is 12.4. The van der Waals surface area contributed by atoms with Gasteiger partial charge in [0.25, 0.3) is 0 Å².